The molecule has 3 nitrogen and oxygen atoms in total. The lowest BCUT2D eigenvalue weighted by atomic mass is 10.0. The maximum absolute atomic E-state index is 12.1. The summed E-state index contributed by atoms with van der Waals surface area (Å²) >= 11 is 0. The molecular weight excluding hydrogens is 226 g/mol. The smallest absolute Gasteiger partial charge is 0.168 e. The number of Topliss-reactive ketones (excluding diaryl/α,β-unsaturated/α-hetero) is 1. The summed E-state index contributed by atoms with van der Waals surface area (Å²) in [6.45, 7) is 1.96. The number of ether oxygens (including phenoxy) is 1. The molecule has 2 aromatic rings. The van der Waals surface area contributed by atoms with Crippen LogP contribution in [0, 0.1) is 6.92 Å². The molecule has 0 atom stereocenters. The molecule has 1 aromatic carbocycles. The Balaban J connectivity index is 2.14. The van der Waals surface area contributed by atoms with Crippen LogP contribution in [0.4, 0.5) is 0 Å². The second-order valence-corrected chi connectivity index (χ2v) is 4.10. The Morgan fingerprint density at radius 2 is 1.94 bits per heavy atom. The number of hydrogen-bond acceptors (Lipinski definition) is 3. The summed E-state index contributed by atoms with van der Waals surface area (Å²) in [6, 6.07) is 11.0. The first kappa shape index (κ1) is 12.3. The molecule has 0 amide bonds. The van der Waals surface area contributed by atoms with E-state index in [0.717, 1.165) is 17.0 Å². The zero-order chi connectivity index (χ0) is 13.0. The number of nitrogens with zero attached hydrogens (tertiary/aromatic N) is 1. The quantitative estimate of drug-likeness (QED) is 0.773. The van der Waals surface area contributed by atoms with Crippen LogP contribution in [0.15, 0.2) is 42.6 Å². The van der Waals surface area contributed by atoms with E-state index in [0.29, 0.717) is 12.0 Å². The molecule has 0 unspecified atom stereocenters. The van der Waals surface area contributed by atoms with E-state index in [1.165, 1.54) is 0 Å². The average Bonchev–Trinajstić information content (AvgIpc) is 2.41. The molecule has 0 saturated heterocycles. The molecule has 0 aliphatic carbocycles. The van der Waals surface area contributed by atoms with Crippen LogP contribution in [-0.2, 0) is 6.42 Å². The number of aryl methyl sites for hydroxylation is 1. The summed E-state index contributed by atoms with van der Waals surface area (Å²) in [5, 5.41) is 0. The Morgan fingerprint density at radius 1 is 1.22 bits per heavy atom. The van der Waals surface area contributed by atoms with Gasteiger partial charge in [0, 0.05) is 11.8 Å². The van der Waals surface area contributed by atoms with Crippen molar-refractivity contribution in [1.29, 1.82) is 0 Å². The van der Waals surface area contributed by atoms with E-state index in [4.69, 9.17) is 4.74 Å². The third-order valence-corrected chi connectivity index (χ3v) is 2.86. The van der Waals surface area contributed by atoms with E-state index in [-0.39, 0.29) is 5.78 Å². The van der Waals surface area contributed by atoms with Crippen molar-refractivity contribution in [3.05, 3.63) is 59.4 Å². The summed E-state index contributed by atoms with van der Waals surface area (Å²) < 4.78 is 5.06. The number of pyridine rings is 1. The normalized spacial score (nSPS) is 10.1. The van der Waals surface area contributed by atoms with Crippen molar-refractivity contribution < 1.29 is 9.53 Å². The van der Waals surface area contributed by atoms with E-state index >= 15 is 0 Å². The molecular formula is C15H15NO2. The lowest BCUT2D eigenvalue weighted by Crippen LogP contribution is -2.06. The van der Waals surface area contributed by atoms with E-state index in [9.17, 15) is 4.79 Å². The first-order valence-corrected chi connectivity index (χ1v) is 5.78. The minimum Gasteiger partial charge on any atom is -0.497 e. The molecule has 0 fully saturated rings. The molecule has 0 N–H and O–H groups in total. The number of ketones is 1. The van der Waals surface area contributed by atoms with E-state index in [1.54, 1.807) is 37.6 Å². The molecule has 0 saturated carbocycles. The van der Waals surface area contributed by atoms with Gasteiger partial charge >= 0.3 is 0 Å². The van der Waals surface area contributed by atoms with Gasteiger partial charge < -0.3 is 4.74 Å². The standard InChI is InChI=1S/C15H15NO2/c1-11-4-3-9-16-14(11)10-15(17)12-5-7-13(18-2)8-6-12/h3-9H,10H2,1-2H3. The molecule has 2 rings (SSSR count). The predicted octanol–water partition coefficient (Wildman–Crippen LogP) is 2.82. The number of carbonyl (C=O) groups is 1. The summed E-state index contributed by atoms with van der Waals surface area (Å²) in [5.41, 5.74) is 2.55. The van der Waals surface area contributed by atoms with Gasteiger partial charge in [-0.3, -0.25) is 9.78 Å². The topological polar surface area (TPSA) is 39.2 Å². The monoisotopic (exact) mass is 241 g/mol. The molecule has 18 heavy (non-hydrogen) atoms. The minimum atomic E-state index is 0.0689. The van der Waals surface area contributed by atoms with Crippen molar-refractivity contribution >= 4 is 5.78 Å². The number of methoxy groups -OCH3 is 1. The highest BCUT2D eigenvalue weighted by Crippen LogP contribution is 2.14. The van der Waals surface area contributed by atoms with Crippen LogP contribution in [0.2, 0.25) is 0 Å². The van der Waals surface area contributed by atoms with Crippen LogP contribution < -0.4 is 4.74 Å². The molecule has 92 valence electrons. The average molecular weight is 241 g/mol. The summed E-state index contributed by atoms with van der Waals surface area (Å²) in [5.74, 6) is 0.819. The fraction of sp³-hybridized carbons (Fsp3) is 0.200. The molecule has 0 aliphatic rings. The summed E-state index contributed by atoms with van der Waals surface area (Å²) in [4.78, 5) is 16.3. The third kappa shape index (κ3) is 2.74. The van der Waals surface area contributed by atoms with Gasteiger partial charge in [0.25, 0.3) is 0 Å². The number of hydrogen-bond donors (Lipinski definition) is 0. The predicted molar refractivity (Wildman–Crippen MR) is 70.0 cm³/mol. The van der Waals surface area contributed by atoms with Gasteiger partial charge in [-0.05, 0) is 42.8 Å². The molecule has 0 bridgehead atoms. The summed E-state index contributed by atoms with van der Waals surface area (Å²) in [6.07, 6.45) is 2.04. The molecule has 0 spiro atoms. The largest absolute Gasteiger partial charge is 0.497 e. The van der Waals surface area contributed by atoms with Crippen LogP contribution in [0.25, 0.3) is 0 Å². The van der Waals surface area contributed by atoms with Gasteiger partial charge in [0.1, 0.15) is 5.75 Å². The highest BCUT2D eigenvalue weighted by molar-refractivity contribution is 5.97. The molecule has 0 radical (unpaired) electrons. The number of rotatable bonds is 4. The van der Waals surface area contributed by atoms with Crippen molar-refractivity contribution in [2.24, 2.45) is 0 Å². The Labute approximate surface area is 106 Å². The van der Waals surface area contributed by atoms with Crippen molar-refractivity contribution in [2.75, 3.05) is 7.11 Å². The van der Waals surface area contributed by atoms with Crippen LogP contribution in [0.3, 0.4) is 0 Å². The van der Waals surface area contributed by atoms with E-state index in [1.807, 2.05) is 19.1 Å². The van der Waals surface area contributed by atoms with Crippen molar-refractivity contribution in [3.63, 3.8) is 0 Å². The van der Waals surface area contributed by atoms with Gasteiger partial charge in [-0.2, -0.15) is 0 Å². The van der Waals surface area contributed by atoms with Gasteiger partial charge in [0.15, 0.2) is 5.78 Å². The first-order chi connectivity index (χ1) is 8.70. The van der Waals surface area contributed by atoms with E-state index in [2.05, 4.69) is 4.98 Å². The highest BCUT2D eigenvalue weighted by atomic mass is 16.5. The zero-order valence-electron chi connectivity index (χ0n) is 10.5. The van der Waals surface area contributed by atoms with Gasteiger partial charge in [0.2, 0.25) is 0 Å². The van der Waals surface area contributed by atoms with Crippen LogP contribution in [0.1, 0.15) is 21.6 Å². The number of benzene rings is 1. The zero-order valence-corrected chi connectivity index (χ0v) is 10.5. The SMILES string of the molecule is COc1ccc(C(=O)Cc2ncccc2C)cc1. The minimum absolute atomic E-state index is 0.0689. The molecule has 0 aliphatic heterocycles. The van der Waals surface area contributed by atoms with Gasteiger partial charge in [-0.1, -0.05) is 6.07 Å². The maximum atomic E-state index is 12.1. The lowest BCUT2D eigenvalue weighted by Gasteiger charge is -2.05. The van der Waals surface area contributed by atoms with Crippen LogP contribution in [0.5, 0.6) is 5.75 Å². The van der Waals surface area contributed by atoms with Crippen LogP contribution >= 0.6 is 0 Å². The Hall–Kier alpha value is -2.16. The van der Waals surface area contributed by atoms with E-state index < -0.39 is 0 Å². The van der Waals surface area contributed by atoms with Crippen molar-refractivity contribution in [3.8, 4) is 5.75 Å². The van der Waals surface area contributed by atoms with Gasteiger partial charge in [-0.15, -0.1) is 0 Å². The fourth-order valence-corrected chi connectivity index (χ4v) is 1.73. The number of carbonyl (C=O) groups excluding carboxylic acids is 1. The third-order valence-electron chi connectivity index (χ3n) is 2.86. The molecule has 3 heteroatoms. The second-order valence-electron chi connectivity index (χ2n) is 4.10. The Bertz CT molecular complexity index is 547. The molecule has 1 aromatic heterocycles. The van der Waals surface area contributed by atoms with Crippen molar-refractivity contribution in [2.45, 2.75) is 13.3 Å². The number of aromatic nitrogens is 1. The summed E-state index contributed by atoms with van der Waals surface area (Å²) in [7, 11) is 1.61. The van der Waals surface area contributed by atoms with Crippen molar-refractivity contribution in [1.82, 2.24) is 4.98 Å². The lowest BCUT2D eigenvalue weighted by molar-refractivity contribution is 0.0991. The van der Waals surface area contributed by atoms with Gasteiger partial charge in [-0.25, -0.2) is 0 Å². The Morgan fingerprint density at radius 3 is 2.56 bits per heavy atom. The van der Waals surface area contributed by atoms with Gasteiger partial charge in [0.05, 0.1) is 19.2 Å². The Kier molecular flexibility index (Phi) is 3.72. The second kappa shape index (κ2) is 5.45. The first-order valence-electron chi connectivity index (χ1n) is 5.78. The maximum Gasteiger partial charge on any atom is 0.168 e. The fourth-order valence-electron chi connectivity index (χ4n) is 1.73. The highest BCUT2D eigenvalue weighted by Gasteiger charge is 2.09. The van der Waals surface area contributed by atoms with Crippen LogP contribution in [-0.4, -0.2) is 17.9 Å². The molecule has 1 heterocycles.